The highest BCUT2D eigenvalue weighted by Crippen LogP contribution is 2.40. The standard InChI is InChI=1S/C15H9ClF3NO2S2/c1-7-2-8-3-12(21)10(16)5-11(8)20(7)14(22)9-4-13(23-6-9)24-15(17,18)19/h2-6,21H,1H3. The number of alkyl halides is 3. The van der Waals surface area contributed by atoms with Crippen molar-refractivity contribution in [2.24, 2.45) is 0 Å². The Labute approximate surface area is 147 Å². The lowest BCUT2D eigenvalue weighted by Gasteiger charge is -2.06. The van der Waals surface area contributed by atoms with E-state index in [1.807, 2.05) is 0 Å². The number of thioether (sulfide) groups is 1. The van der Waals surface area contributed by atoms with E-state index in [0.29, 0.717) is 16.6 Å². The van der Waals surface area contributed by atoms with E-state index in [-0.39, 0.29) is 32.3 Å². The molecule has 3 nitrogen and oxygen atoms in total. The van der Waals surface area contributed by atoms with E-state index in [4.69, 9.17) is 11.6 Å². The van der Waals surface area contributed by atoms with Crippen LogP contribution in [0.2, 0.25) is 5.02 Å². The second kappa shape index (κ2) is 6.02. The molecule has 0 spiro atoms. The van der Waals surface area contributed by atoms with Crippen LogP contribution >= 0.6 is 34.7 Å². The topological polar surface area (TPSA) is 42.2 Å². The lowest BCUT2D eigenvalue weighted by atomic mass is 10.2. The van der Waals surface area contributed by atoms with Crippen LogP contribution in [-0.2, 0) is 0 Å². The van der Waals surface area contributed by atoms with Crippen molar-refractivity contribution in [2.45, 2.75) is 16.6 Å². The van der Waals surface area contributed by atoms with Crippen LogP contribution in [0.1, 0.15) is 16.1 Å². The Balaban J connectivity index is 2.03. The predicted octanol–water partition coefficient (Wildman–Crippen LogP) is 5.67. The van der Waals surface area contributed by atoms with E-state index in [1.165, 1.54) is 28.1 Å². The summed E-state index contributed by atoms with van der Waals surface area (Å²) < 4.78 is 38.6. The summed E-state index contributed by atoms with van der Waals surface area (Å²) in [6.07, 6.45) is 0. The summed E-state index contributed by atoms with van der Waals surface area (Å²) in [5.41, 5.74) is -3.16. The van der Waals surface area contributed by atoms with Crippen LogP contribution in [0.3, 0.4) is 0 Å². The molecular weight excluding hydrogens is 383 g/mol. The average molecular weight is 392 g/mol. The van der Waals surface area contributed by atoms with Gasteiger partial charge in [-0.05, 0) is 43.0 Å². The third kappa shape index (κ3) is 3.26. The molecular formula is C15H9ClF3NO2S2. The van der Waals surface area contributed by atoms with Gasteiger partial charge in [-0.1, -0.05) is 11.6 Å². The molecule has 2 aromatic heterocycles. The van der Waals surface area contributed by atoms with Crippen LogP contribution in [-0.4, -0.2) is 21.1 Å². The molecule has 0 bridgehead atoms. The zero-order valence-electron chi connectivity index (χ0n) is 12.0. The summed E-state index contributed by atoms with van der Waals surface area (Å²) in [4.78, 5) is 12.7. The van der Waals surface area contributed by atoms with Gasteiger partial charge in [0.1, 0.15) is 5.75 Å². The fourth-order valence-electron chi connectivity index (χ4n) is 2.35. The first kappa shape index (κ1) is 17.2. The average Bonchev–Trinajstić information content (AvgIpc) is 3.01. The van der Waals surface area contributed by atoms with Gasteiger partial charge >= 0.3 is 5.51 Å². The minimum Gasteiger partial charge on any atom is -0.506 e. The Morgan fingerprint density at radius 1 is 1.29 bits per heavy atom. The largest absolute Gasteiger partial charge is 0.506 e. The van der Waals surface area contributed by atoms with Crippen molar-refractivity contribution in [1.29, 1.82) is 0 Å². The summed E-state index contributed by atoms with van der Waals surface area (Å²) in [6.45, 7) is 1.70. The first-order chi connectivity index (χ1) is 11.2. The molecule has 0 saturated carbocycles. The van der Waals surface area contributed by atoms with Crippen molar-refractivity contribution in [3.05, 3.63) is 45.9 Å². The number of aromatic hydroxyl groups is 1. The monoisotopic (exact) mass is 391 g/mol. The number of aryl methyl sites for hydroxylation is 1. The molecule has 3 rings (SSSR count). The summed E-state index contributed by atoms with van der Waals surface area (Å²) in [5.74, 6) is -0.553. The van der Waals surface area contributed by atoms with Crippen LogP contribution in [0.25, 0.3) is 10.9 Å². The second-order valence-corrected chi connectivity index (χ2v) is 7.67. The van der Waals surface area contributed by atoms with Gasteiger partial charge in [-0.2, -0.15) is 13.2 Å². The SMILES string of the molecule is Cc1cc2cc(O)c(Cl)cc2n1C(=O)c1csc(SC(F)(F)F)c1. The van der Waals surface area contributed by atoms with Crippen molar-refractivity contribution in [3.8, 4) is 5.75 Å². The summed E-state index contributed by atoms with van der Waals surface area (Å²) in [6, 6.07) is 5.81. The summed E-state index contributed by atoms with van der Waals surface area (Å²) in [7, 11) is 0. The third-order valence-corrected chi connectivity index (χ3v) is 5.41. The molecule has 0 atom stereocenters. The predicted molar refractivity (Wildman–Crippen MR) is 89.3 cm³/mol. The van der Waals surface area contributed by atoms with Gasteiger partial charge in [-0.25, -0.2) is 0 Å². The van der Waals surface area contributed by atoms with Crippen molar-refractivity contribution in [3.63, 3.8) is 0 Å². The molecule has 1 N–H and O–H groups in total. The van der Waals surface area contributed by atoms with Crippen molar-refractivity contribution >= 4 is 51.5 Å². The smallest absolute Gasteiger partial charge is 0.447 e. The number of aromatic nitrogens is 1. The number of hydrogen-bond donors (Lipinski definition) is 1. The summed E-state index contributed by atoms with van der Waals surface area (Å²) >= 11 is 6.51. The Morgan fingerprint density at radius 3 is 2.67 bits per heavy atom. The summed E-state index contributed by atoms with van der Waals surface area (Å²) in [5, 5.41) is 11.7. The molecule has 0 saturated heterocycles. The molecule has 1 aromatic carbocycles. The number of nitrogens with zero attached hydrogens (tertiary/aromatic N) is 1. The zero-order chi connectivity index (χ0) is 17.6. The van der Waals surface area contributed by atoms with E-state index in [9.17, 15) is 23.1 Å². The Morgan fingerprint density at radius 2 is 2.00 bits per heavy atom. The number of phenolic OH excluding ortho intramolecular Hbond substituents is 1. The van der Waals surface area contributed by atoms with Crippen LogP contribution < -0.4 is 0 Å². The maximum atomic E-state index is 12.7. The Bertz CT molecular complexity index is 946. The molecule has 0 aliphatic heterocycles. The van der Waals surface area contributed by atoms with Crippen LogP contribution in [0.15, 0.2) is 33.9 Å². The number of carbonyl (C=O) groups is 1. The fourth-order valence-corrected chi connectivity index (χ4v) is 4.15. The molecule has 0 fully saturated rings. The minimum absolute atomic E-state index is 0.00404. The van der Waals surface area contributed by atoms with Crippen molar-refractivity contribution in [1.82, 2.24) is 4.57 Å². The van der Waals surface area contributed by atoms with Gasteiger partial charge in [0.25, 0.3) is 5.91 Å². The maximum Gasteiger partial charge on any atom is 0.447 e. The molecule has 0 radical (unpaired) electrons. The lowest BCUT2D eigenvalue weighted by molar-refractivity contribution is -0.0327. The van der Waals surface area contributed by atoms with Gasteiger partial charge in [-0.15, -0.1) is 11.3 Å². The number of phenols is 1. The molecule has 9 heteroatoms. The van der Waals surface area contributed by atoms with Crippen LogP contribution in [0.5, 0.6) is 5.75 Å². The molecule has 24 heavy (non-hydrogen) atoms. The molecule has 126 valence electrons. The second-order valence-electron chi connectivity index (χ2n) is 4.99. The molecule has 3 aromatic rings. The van der Waals surface area contributed by atoms with Crippen LogP contribution in [0.4, 0.5) is 13.2 Å². The normalized spacial score (nSPS) is 12.0. The first-order valence-electron chi connectivity index (χ1n) is 6.55. The number of fused-ring (bicyclic) bond motifs is 1. The van der Waals surface area contributed by atoms with Gasteiger partial charge < -0.3 is 5.11 Å². The minimum atomic E-state index is -4.40. The number of carbonyl (C=O) groups excluding carboxylic acids is 1. The first-order valence-corrected chi connectivity index (χ1v) is 8.62. The van der Waals surface area contributed by atoms with E-state index < -0.39 is 11.4 Å². The van der Waals surface area contributed by atoms with Crippen LogP contribution in [0, 0.1) is 6.92 Å². The molecule has 0 aliphatic rings. The molecule has 0 amide bonds. The van der Waals surface area contributed by atoms with E-state index in [1.54, 1.807) is 13.0 Å². The third-order valence-electron chi connectivity index (χ3n) is 3.30. The van der Waals surface area contributed by atoms with Crippen molar-refractivity contribution in [2.75, 3.05) is 0 Å². The van der Waals surface area contributed by atoms with Gasteiger partial charge in [0.05, 0.1) is 20.3 Å². The van der Waals surface area contributed by atoms with Crippen molar-refractivity contribution < 1.29 is 23.1 Å². The highest BCUT2D eigenvalue weighted by Gasteiger charge is 2.30. The van der Waals surface area contributed by atoms with Gasteiger partial charge in [0.2, 0.25) is 0 Å². The quantitative estimate of drug-likeness (QED) is 0.572. The number of halogens is 4. The van der Waals surface area contributed by atoms with E-state index in [2.05, 4.69) is 0 Å². The molecule has 0 aliphatic carbocycles. The van der Waals surface area contributed by atoms with E-state index in [0.717, 1.165) is 11.3 Å². The highest BCUT2D eigenvalue weighted by atomic mass is 35.5. The number of benzene rings is 1. The van der Waals surface area contributed by atoms with E-state index >= 15 is 0 Å². The number of hydrogen-bond acceptors (Lipinski definition) is 4. The number of rotatable bonds is 2. The Hall–Kier alpha value is -1.64. The molecule has 2 heterocycles. The maximum absolute atomic E-state index is 12.7. The molecule has 0 unspecified atom stereocenters. The fraction of sp³-hybridized carbons (Fsp3) is 0.133. The zero-order valence-corrected chi connectivity index (χ0v) is 14.4. The van der Waals surface area contributed by atoms with Gasteiger partial charge in [0, 0.05) is 16.5 Å². The Kier molecular flexibility index (Phi) is 4.31. The van der Waals surface area contributed by atoms with Gasteiger partial charge in [-0.3, -0.25) is 9.36 Å². The lowest BCUT2D eigenvalue weighted by Crippen LogP contribution is -2.12. The van der Waals surface area contributed by atoms with Gasteiger partial charge in [0.15, 0.2) is 0 Å². The highest BCUT2D eigenvalue weighted by molar-refractivity contribution is 8.01. The number of thiophene rings is 1.